The lowest BCUT2D eigenvalue weighted by molar-refractivity contribution is 0.0970. The summed E-state index contributed by atoms with van der Waals surface area (Å²) in [5.74, 6) is 0.813. The van der Waals surface area contributed by atoms with Crippen molar-refractivity contribution >= 4 is 22.7 Å². The van der Waals surface area contributed by atoms with E-state index in [-0.39, 0.29) is 17.1 Å². The maximum atomic E-state index is 13.8. The van der Waals surface area contributed by atoms with Gasteiger partial charge in [-0.1, -0.05) is 60.2 Å². The van der Waals surface area contributed by atoms with Gasteiger partial charge in [-0.3, -0.25) is 14.5 Å². The number of benzene rings is 3. The van der Waals surface area contributed by atoms with Gasteiger partial charge in [0.2, 0.25) is 5.76 Å². The highest BCUT2D eigenvalue weighted by Crippen LogP contribution is 2.41. The van der Waals surface area contributed by atoms with Crippen LogP contribution in [0.15, 0.2) is 100 Å². The summed E-state index contributed by atoms with van der Waals surface area (Å²) < 4.78 is 12.0. The molecule has 0 saturated carbocycles. The molecule has 3 aromatic carbocycles. The summed E-state index contributed by atoms with van der Waals surface area (Å²) in [5.41, 5.74) is 4.25. The first-order valence-corrected chi connectivity index (χ1v) is 12.1. The quantitative estimate of drug-likeness (QED) is 0.297. The molecule has 37 heavy (non-hydrogen) atoms. The zero-order chi connectivity index (χ0) is 25.5. The molecule has 0 saturated heterocycles. The third-order valence-corrected chi connectivity index (χ3v) is 6.61. The smallest absolute Gasteiger partial charge is 0.296 e. The van der Waals surface area contributed by atoms with Gasteiger partial charge >= 0.3 is 0 Å². The Morgan fingerprint density at radius 3 is 2.38 bits per heavy atom. The fourth-order valence-corrected chi connectivity index (χ4v) is 4.73. The van der Waals surface area contributed by atoms with Crippen LogP contribution in [0, 0.1) is 13.8 Å². The van der Waals surface area contributed by atoms with Crippen LogP contribution in [-0.4, -0.2) is 10.9 Å². The van der Waals surface area contributed by atoms with Gasteiger partial charge in [0.15, 0.2) is 5.43 Å². The van der Waals surface area contributed by atoms with Gasteiger partial charge in [0.1, 0.15) is 23.8 Å². The number of anilines is 1. The van der Waals surface area contributed by atoms with Gasteiger partial charge < -0.3 is 9.15 Å². The molecule has 2 aromatic heterocycles. The molecule has 0 fully saturated rings. The second kappa shape index (κ2) is 9.06. The van der Waals surface area contributed by atoms with Gasteiger partial charge in [-0.25, -0.2) is 4.98 Å². The standard InChI is InChI=1S/C31H24N2O4/c1-19-8-14-25-24(16-19)29(34)27-28(33(31(35)30(27)37-25)26-15-9-20(2)17-32-26)22-10-12-23(13-11-22)36-18-21-6-4-3-5-7-21/h3-17,28H,18H2,1-2H3. The van der Waals surface area contributed by atoms with Crippen LogP contribution in [0.25, 0.3) is 11.0 Å². The number of aromatic nitrogens is 1. The summed E-state index contributed by atoms with van der Waals surface area (Å²) in [6, 6.07) is 25.8. The number of hydrogen-bond acceptors (Lipinski definition) is 5. The third-order valence-electron chi connectivity index (χ3n) is 6.61. The van der Waals surface area contributed by atoms with Crippen molar-refractivity contribution in [2.75, 3.05) is 4.90 Å². The van der Waals surface area contributed by atoms with E-state index in [4.69, 9.17) is 9.15 Å². The van der Waals surface area contributed by atoms with Crippen molar-refractivity contribution in [3.05, 3.63) is 135 Å². The van der Waals surface area contributed by atoms with E-state index in [1.807, 2.05) is 80.6 Å². The van der Waals surface area contributed by atoms with Crippen LogP contribution >= 0.6 is 0 Å². The van der Waals surface area contributed by atoms with Gasteiger partial charge in [-0.05, 0) is 60.9 Å². The van der Waals surface area contributed by atoms with Crippen LogP contribution in [-0.2, 0) is 6.61 Å². The molecule has 1 amide bonds. The van der Waals surface area contributed by atoms with Crippen LogP contribution in [0.3, 0.4) is 0 Å². The number of pyridine rings is 1. The third kappa shape index (κ3) is 4.06. The molecule has 5 aromatic rings. The van der Waals surface area contributed by atoms with Gasteiger partial charge in [0, 0.05) is 6.20 Å². The van der Waals surface area contributed by atoms with Crippen molar-refractivity contribution in [2.45, 2.75) is 26.5 Å². The summed E-state index contributed by atoms with van der Waals surface area (Å²) in [5, 5.41) is 0.457. The molecular weight excluding hydrogens is 464 g/mol. The Kier molecular flexibility index (Phi) is 5.57. The lowest BCUT2D eigenvalue weighted by Gasteiger charge is -2.24. The van der Waals surface area contributed by atoms with Crippen molar-refractivity contribution in [1.29, 1.82) is 0 Å². The van der Waals surface area contributed by atoms with Crippen molar-refractivity contribution in [1.82, 2.24) is 4.98 Å². The number of rotatable bonds is 5. The van der Waals surface area contributed by atoms with Crippen LogP contribution < -0.4 is 15.1 Å². The number of nitrogens with zero attached hydrogens (tertiary/aromatic N) is 2. The number of carbonyl (C=O) groups excluding carboxylic acids is 1. The van der Waals surface area contributed by atoms with Gasteiger partial charge in [-0.15, -0.1) is 0 Å². The SMILES string of the molecule is Cc1ccc(N2C(=O)c3oc4ccc(C)cc4c(=O)c3C2c2ccc(OCc3ccccc3)cc2)nc1. The number of ether oxygens (including phenoxy) is 1. The fraction of sp³-hybridized carbons (Fsp3) is 0.129. The van der Waals surface area contributed by atoms with Crippen molar-refractivity contribution < 1.29 is 13.9 Å². The molecule has 0 bridgehead atoms. The van der Waals surface area contributed by atoms with E-state index in [0.29, 0.717) is 34.7 Å². The first-order chi connectivity index (χ1) is 18.0. The summed E-state index contributed by atoms with van der Waals surface area (Å²) in [4.78, 5) is 33.5. The molecule has 3 heterocycles. The predicted octanol–water partition coefficient (Wildman–Crippen LogP) is 6.13. The van der Waals surface area contributed by atoms with Gasteiger partial charge in [0.05, 0.1) is 17.0 Å². The topological polar surface area (TPSA) is 72.6 Å². The Bertz CT molecular complexity index is 1670. The number of amides is 1. The average Bonchev–Trinajstić information content (AvgIpc) is 3.21. The van der Waals surface area contributed by atoms with E-state index >= 15 is 0 Å². The van der Waals surface area contributed by atoms with Gasteiger partial charge in [-0.2, -0.15) is 0 Å². The molecule has 0 N–H and O–H groups in total. The Hall–Kier alpha value is -4.71. The summed E-state index contributed by atoms with van der Waals surface area (Å²) in [6.45, 7) is 4.30. The second-order valence-corrected chi connectivity index (χ2v) is 9.29. The molecule has 6 rings (SSSR count). The normalized spacial score (nSPS) is 14.7. The van der Waals surface area contributed by atoms with Crippen LogP contribution in [0.1, 0.15) is 44.4 Å². The molecule has 1 unspecified atom stereocenters. The molecule has 1 atom stereocenters. The molecule has 0 radical (unpaired) electrons. The van der Waals surface area contributed by atoms with Crippen molar-refractivity contribution in [3.63, 3.8) is 0 Å². The molecule has 1 aliphatic heterocycles. The summed E-state index contributed by atoms with van der Waals surface area (Å²) in [6.07, 6.45) is 1.71. The molecule has 0 aliphatic carbocycles. The van der Waals surface area contributed by atoms with E-state index in [9.17, 15) is 9.59 Å². The lowest BCUT2D eigenvalue weighted by atomic mass is 9.98. The van der Waals surface area contributed by atoms with E-state index in [0.717, 1.165) is 22.3 Å². The molecule has 6 heteroatoms. The maximum Gasteiger partial charge on any atom is 0.296 e. The average molecular weight is 489 g/mol. The zero-order valence-electron chi connectivity index (χ0n) is 20.5. The molecule has 0 spiro atoms. The second-order valence-electron chi connectivity index (χ2n) is 9.29. The molecule has 182 valence electrons. The first kappa shape index (κ1) is 22.7. The summed E-state index contributed by atoms with van der Waals surface area (Å²) in [7, 11) is 0. The van der Waals surface area contributed by atoms with E-state index in [1.165, 1.54) is 0 Å². The summed E-state index contributed by atoms with van der Waals surface area (Å²) >= 11 is 0. The Balaban J connectivity index is 1.44. The predicted molar refractivity (Wildman–Crippen MR) is 142 cm³/mol. The van der Waals surface area contributed by atoms with Crippen LogP contribution in [0.4, 0.5) is 5.82 Å². The van der Waals surface area contributed by atoms with Gasteiger partial charge in [0.25, 0.3) is 5.91 Å². The molecular formula is C31H24N2O4. The maximum absolute atomic E-state index is 13.8. The Morgan fingerprint density at radius 1 is 0.892 bits per heavy atom. The fourth-order valence-electron chi connectivity index (χ4n) is 4.73. The minimum absolute atomic E-state index is 0.0538. The van der Waals surface area contributed by atoms with Crippen molar-refractivity contribution in [2.24, 2.45) is 0 Å². The monoisotopic (exact) mass is 488 g/mol. The van der Waals surface area contributed by atoms with Crippen LogP contribution in [0.5, 0.6) is 5.75 Å². The first-order valence-electron chi connectivity index (χ1n) is 12.1. The van der Waals surface area contributed by atoms with E-state index in [2.05, 4.69) is 4.98 Å². The minimum Gasteiger partial charge on any atom is -0.489 e. The Morgan fingerprint density at radius 2 is 1.65 bits per heavy atom. The van der Waals surface area contributed by atoms with E-state index < -0.39 is 6.04 Å². The van der Waals surface area contributed by atoms with Crippen LogP contribution in [0.2, 0.25) is 0 Å². The number of aryl methyl sites for hydroxylation is 2. The Labute approximate surface area is 213 Å². The highest BCUT2D eigenvalue weighted by molar-refractivity contribution is 6.10. The van der Waals surface area contributed by atoms with Crippen molar-refractivity contribution in [3.8, 4) is 5.75 Å². The largest absolute Gasteiger partial charge is 0.489 e. The van der Waals surface area contributed by atoms with E-state index in [1.54, 1.807) is 29.3 Å². The lowest BCUT2D eigenvalue weighted by Crippen LogP contribution is -2.30. The molecule has 1 aliphatic rings. The minimum atomic E-state index is -0.679. The number of carbonyl (C=O) groups is 1. The highest BCUT2D eigenvalue weighted by atomic mass is 16.5. The highest BCUT2D eigenvalue weighted by Gasteiger charge is 2.44. The number of hydrogen-bond donors (Lipinski definition) is 0. The molecule has 6 nitrogen and oxygen atoms in total. The number of fused-ring (bicyclic) bond motifs is 2. The zero-order valence-corrected chi connectivity index (χ0v) is 20.5.